The van der Waals surface area contributed by atoms with Crippen molar-refractivity contribution in [3.63, 3.8) is 0 Å². The SMILES string of the molecule is COC(=O)c1ccc(CC2=C(C(=O)O)N3C(=O)[C@@H](NC(=O)COc4ccccc4)[C@H]3SC2)o1. The predicted octanol–water partition coefficient (Wildman–Crippen LogP) is 1.43. The fraction of sp³-hybridized carbons (Fsp3) is 0.273. The van der Waals surface area contributed by atoms with Crippen LogP contribution in [0.2, 0.25) is 0 Å². The van der Waals surface area contributed by atoms with E-state index in [1.165, 1.54) is 29.8 Å². The second-order valence-corrected chi connectivity index (χ2v) is 8.35. The molecule has 10 nitrogen and oxygen atoms in total. The van der Waals surface area contributed by atoms with Gasteiger partial charge in [0.05, 0.1) is 7.11 Å². The van der Waals surface area contributed by atoms with Crippen molar-refractivity contribution in [3.05, 3.63) is 65.3 Å². The average Bonchev–Trinajstić information content (AvgIpc) is 3.29. The summed E-state index contributed by atoms with van der Waals surface area (Å²) < 4.78 is 15.4. The van der Waals surface area contributed by atoms with Crippen LogP contribution in [0.1, 0.15) is 16.3 Å². The number of benzene rings is 1. The number of aliphatic carboxylic acids is 1. The first-order valence-electron chi connectivity index (χ1n) is 9.93. The van der Waals surface area contributed by atoms with Gasteiger partial charge in [0.25, 0.3) is 11.8 Å². The number of β-lactam (4-membered cyclic amide) rings is 1. The van der Waals surface area contributed by atoms with E-state index in [1.54, 1.807) is 30.3 Å². The largest absolute Gasteiger partial charge is 0.484 e. The van der Waals surface area contributed by atoms with Crippen molar-refractivity contribution in [2.24, 2.45) is 0 Å². The number of furan rings is 1. The van der Waals surface area contributed by atoms with Gasteiger partial charge in [-0.2, -0.15) is 0 Å². The smallest absolute Gasteiger partial charge is 0.373 e. The molecule has 3 heterocycles. The van der Waals surface area contributed by atoms with Crippen molar-refractivity contribution in [3.8, 4) is 5.75 Å². The highest BCUT2D eigenvalue weighted by molar-refractivity contribution is 8.00. The van der Waals surface area contributed by atoms with Crippen LogP contribution in [0.3, 0.4) is 0 Å². The van der Waals surface area contributed by atoms with Gasteiger partial charge in [0, 0.05) is 12.2 Å². The van der Waals surface area contributed by atoms with Crippen LogP contribution in [0.15, 0.2) is 58.2 Å². The first kappa shape index (κ1) is 22.5. The Labute approximate surface area is 192 Å². The monoisotopic (exact) mass is 472 g/mol. The highest BCUT2D eigenvalue weighted by Gasteiger charge is 2.54. The first-order chi connectivity index (χ1) is 15.9. The molecule has 0 radical (unpaired) electrons. The maximum Gasteiger partial charge on any atom is 0.373 e. The maximum atomic E-state index is 12.7. The van der Waals surface area contributed by atoms with Gasteiger partial charge in [-0.1, -0.05) is 18.2 Å². The molecule has 0 bridgehead atoms. The van der Waals surface area contributed by atoms with E-state index < -0.39 is 35.2 Å². The third-order valence-electron chi connectivity index (χ3n) is 5.12. The van der Waals surface area contributed by atoms with E-state index in [0.717, 1.165) is 0 Å². The van der Waals surface area contributed by atoms with E-state index >= 15 is 0 Å². The highest BCUT2D eigenvalue weighted by atomic mass is 32.2. The predicted molar refractivity (Wildman–Crippen MR) is 115 cm³/mol. The molecular formula is C22H20N2O8S. The Morgan fingerprint density at radius 1 is 1.21 bits per heavy atom. The van der Waals surface area contributed by atoms with Gasteiger partial charge < -0.3 is 24.3 Å². The van der Waals surface area contributed by atoms with Crippen molar-refractivity contribution in [2.75, 3.05) is 19.5 Å². The topological polar surface area (TPSA) is 135 Å². The number of ether oxygens (including phenoxy) is 2. The lowest BCUT2D eigenvalue weighted by molar-refractivity contribution is -0.151. The molecule has 11 heteroatoms. The fourth-order valence-electron chi connectivity index (χ4n) is 3.59. The normalized spacial score (nSPS) is 19.4. The van der Waals surface area contributed by atoms with E-state index in [9.17, 15) is 24.3 Å². The van der Waals surface area contributed by atoms with E-state index in [-0.39, 0.29) is 24.5 Å². The molecule has 0 spiro atoms. The molecule has 172 valence electrons. The standard InChI is InChI=1S/C22H20N2O8S/c1-30-22(29)15-8-7-14(32-15)9-12-11-33-20-17(19(26)24(20)18(12)21(27)28)23-16(25)10-31-13-5-3-2-4-6-13/h2-8,17,20H,9-11H2,1H3,(H,23,25)(H,27,28)/t17-,20-/m1/s1. The number of methoxy groups -OCH3 is 1. The number of carboxylic acids is 1. The van der Waals surface area contributed by atoms with Crippen molar-refractivity contribution < 1.29 is 38.2 Å². The lowest BCUT2D eigenvalue weighted by atomic mass is 10.0. The Hall–Kier alpha value is -3.73. The lowest BCUT2D eigenvalue weighted by Gasteiger charge is -2.49. The number of hydrogen-bond acceptors (Lipinski definition) is 8. The summed E-state index contributed by atoms with van der Waals surface area (Å²) >= 11 is 1.34. The number of carboxylic acid groups (broad SMARTS) is 1. The summed E-state index contributed by atoms with van der Waals surface area (Å²) in [6.07, 6.45) is 0.115. The van der Waals surface area contributed by atoms with Gasteiger partial charge in [-0.3, -0.25) is 14.5 Å². The number of thioether (sulfide) groups is 1. The molecule has 33 heavy (non-hydrogen) atoms. The number of rotatable bonds is 8. The van der Waals surface area contributed by atoms with Crippen LogP contribution in [-0.4, -0.2) is 64.6 Å². The molecule has 4 rings (SSSR count). The number of nitrogens with one attached hydrogen (secondary N) is 1. The molecule has 2 atom stereocenters. The molecule has 2 aliphatic rings. The van der Waals surface area contributed by atoms with Crippen LogP contribution in [-0.2, 0) is 25.5 Å². The zero-order chi connectivity index (χ0) is 23.5. The minimum Gasteiger partial charge on any atom is -0.484 e. The Morgan fingerprint density at radius 3 is 2.67 bits per heavy atom. The summed E-state index contributed by atoms with van der Waals surface area (Å²) in [5, 5.41) is 11.9. The number of carbonyl (C=O) groups excluding carboxylic acids is 3. The number of esters is 1. The van der Waals surface area contributed by atoms with E-state index in [1.807, 2.05) is 6.07 Å². The molecule has 0 saturated carbocycles. The summed E-state index contributed by atoms with van der Waals surface area (Å²) in [6, 6.07) is 10.9. The number of para-hydroxylation sites is 1. The lowest BCUT2D eigenvalue weighted by Crippen LogP contribution is -2.70. The quantitative estimate of drug-likeness (QED) is 0.432. The second-order valence-electron chi connectivity index (χ2n) is 7.25. The van der Waals surface area contributed by atoms with Crippen LogP contribution >= 0.6 is 11.8 Å². The van der Waals surface area contributed by atoms with Crippen LogP contribution in [0, 0.1) is 0 Å². The summed E-state index contributed by atoms with van der Waals surface area (Å²) in [5.74, 6) is -1.65. The number of carbonyl (C=O) groups is 4. The molecule has 0 unspecified atom stereocenters. The number of amides is 2. The van der Waals surface area contributed by atoms with Crippen molar-refractivity contribution in [1.29, 1.82) is 0 Å². The minimum absolute atomic E-state index is 0.00633. The van der Waals surface area contributed by atoms with Gasteiger partial charge in [0.1, 0.15) is 28.6 Å². The molecule has 2 amide bonds. The molecule has 1 aromatic heterocycles. The molecule has 1 saturated heterocycles. The number of nitrogens with zero attached hydrogens (tertiary/aromatic N) is 1. The molecule has 2 aromatic rings. The van der Waals surface area contributed by atoms with Crippen LogP contribution < -0.4 is 10.1 Å². The summed E-state index contributed by atoms with van der Waals surface area (Å²) in [4.78, 5) is 49.7. The molecule has 2 aliphatic heterocycles. The molecule has 1 fully saturated rings. The molecular weight excluding hydrogens is 452 g/mol. The van der Waals surface area contributed by atoms with E-state index in [4.69, 9.17) is 9.15 Å². The molecule has 2 N–H and O–H groups in total. The van der Waals surface area contributed by atoms with Gasteiger partial charge in [0.15, 0.2) is 6.61 Å². The van der Waals surface area contributed by atoms with Gasteiger partial charge in [-0.25, -0.2) is 9.59 Å². The molecule has 0 aliphatic carbocycles. The zero-order valence-corrected chi connectivity index (χ0v) is 18.3. The van der Waals surface area contributed by atoms with Crippen LogP contribution in [0.5, 0.6) is 5.75 Å². The summed E-state index contributed by atoms with van der Waals surface area (Å²) in [6.45, 7) is -0.265. The maximum absolute atomic E-state index is 12.7. The molecule has 1 aromatic carbocycles. The van der Waals surface area contributed by atoms with Crippen molar-refractivity contribution in [2.45, 2.75) is 17.8 Å². The first-order valence-corrected chi connectivity index (χ1v) is 11.0. The van der Waals surface area contributed by atoms with Crippen molar-refractivity contribution in [1.82, 2.24) is 10.2 Å². The third-order valence-corrected chi connectivity index (χ3v) is 6.45. The van der Waals surface area contributed by atoms with Crippen LogP contribution in [0.4, 0.5) is 0 Å². The average molecular weight is 472 g/mol. The third kappa shape index (κ3) is 4.58. The van der Waals surface area contributed by atoms with Crippen molar-refractivity contribution >= 4 is 35.5 Å². The second kappa shape index (κ2) is 9.41. The van der Waals surface area contributed by atoms with E-state index in [2.05, 4.69) is 10.1 Å². The minimum atomic E-state index is -1.25. The van der Waals surface area contributed by atoms with Gasteiger partial charge >= 0.3 is 11.9 Å². The Morgan fingerprint density at radius 2 is 1.97 bits per heavy atom. The Balaban J connectivity index is 1.42. The van der Waals surface area contributed by atoms with Gasteiger partial charge in [-0.15, -0.1) is 11.8 Å². The van der Waals surface area contributed by atoms with E-state index in [0.29, 0.717) is 22.8 Å². The fourth-order valence-corrected chi connectivity index (χ4v) is 4.94. The number of fused-ring (bicyclic) bond motifs is 1. The van der Waals surface area contributed by atoms with Crippen LogP contribution in [0.25, 0.3) is 0 Å². The van der Waals surface area contributed by atoms with Gasteiger partial charge in [0.2, 0.25) is 5.76 Å². The zero-order valence-electron chi connectivity index (χ0n) is 17.5. The van der Waals surface area contributed by atoms with Gasteiger partial charge in [-0.05, 0) is 29.8 Å². The number of hydrogen-bond donors (Lipinski definition) is 2. The highest BCUT2D eigenvalue weighted by Crippen LogP contribution is 2.41. The Kier molecular flexibility index (Phi) is 6.40. The summed E-state index contributed by atoms with van der Waals surface area (Å²) in [7, 11) is 1.23. The Bertz CT molecular complexity index is 1130. The summed E-state index contributed by atoms with van der Waals surface area (Å²) in [5.41, 5.74) is 0.339.